The van der Waals surface area contributed by atoms with E-state index in [0.717, 1.165) is 45.8 Å². The highest BCUT2D eigenvalue weighted by molar-refractivity contribution is 5.92. The lowest BCUT2D eigenvalue weighted by atomic mass is 9.48. The van der Waals surface area contributed by atoms with Crippen molar-refractivity contribution in [2.75, 3.05) is 7.11 Å². The van der Waals surface area contributed by atoms with Crippen molar-refractivity contribution in [2.24, 2.45) is 17.8 Å². The van der Waals surface area contributed by atoms with Gasteiger partial charge in [0.1, 0.15) is 11.5 Å². The number of phenols is 1. The lowest BCUT2D eigenvalue weighted by molar-refractivity contribution is -0.132. The van der Waals surface area contributed by atoms with Crippen molar-refractivity contribution in [1.29, 1.82) is 0 Å². The molecule has 4 aliphatic rings. The van der Waals surface area contributed by atoms with Gasteiger partial charge in [-0.1, -0.05) is 19.1 Å². The molecule has 32 heavy (non-hydrogen) atoms. The number of carboxylic acids is 1. The number of benzene rings is 2. The molecular formula is C28H32O4. The fraction of sp³-hybridized carbons (Fsp3) is 0.464. The molecule has 0 unspecified atom stereocenters. The maximum absolute atomic E-state index is 11.5. The molecule has 6 rings (SSSR count). The number of methoxy groups -OCH3 is 1. The van der Waals surface area contributed by atoms with Crippen LogP contribution in [0.2, 0.25) is 0 Å². The van der Waals surface area contributed by atoms with Crippen molar-refractivity contribution in [3.8, 4) is 22.6 Å². The first-order chi connectivity index (χ1) is 15.4. The smallest absolute Gasteiger partial charge is 0.331 e. The first-order valence-corrected chi connectivity index (χ1v) is 11.9. The Morgan fingerprint density at radius 2 is 1.72 bits per heavy atom. The Bertz CT molecular complexity index is 1050. The van der Waals surface area contributed by atoms with Gasteiger partial charge in [-0.05, 0) is 110 Å². The summed E-state index contributed by atoms with van der Waals surface area (Å²) in [4.78, 5) is 11.5. The summed E-state index contributed by atoms with van der Waals surface area (Å²) in [7, 11) is 1.66. The third kappa shape index (κ3) is 3.60. The van der Waals surface area contributed by atoms with E-state index in [9.17, 15) is 15.0 Å². The van der Waals surface area contributed by atoms with E-state index in [-0.39, 0.29) is 5.41 Å². The van der Waals surface area contributed by atoms with Crippen LogP contribution >= 0.6 is 0 Å². The van der Waals surface area contributed by atoms with Crippen molar-refractivity contribution >= 4 is 12.0 Å². The molecule has 4 bridgehead atoms. The molecule has 168 valence electrons. The van der Waals surface area contributed by atoms with Gasteiger partial charge in [-0.15, -0.1) is 0 Å². The zero-order valence-electron chi connectivity index (χ0n) is 18.9. The number of phenolic OH excluding ortho intramolecular Hbond substituents is 1. The summed E-state index contributed by atoms with van der Waals surface area (Å²) in [6.07, 6.45) is 9.86. The molecule has 4 nitrogen and oxygen atoms in total. The van der Waals surface area contributed by atoms with Gasteiger partial charge in [0.25, 0.3) is 0 Å². The summed E-state index contributed by atoms with van der Waals surface area (Å²) in [5.74, 6) is 2.67. The van der Waals surface area contributed by atoms with Gasteiger partial charge in [0, 0.05) is 16.7 Å². The lowest BCUT2D eigenvalue weighted by Gasteiger charge is -2.57. The van der Waals surface area contributed by atoms with Crippen LogP contribution in [0.25, 0.3) is 17.2 Å². The van der Waals surface area contributed by atoms with Crippen LogP contribution < -0.4 is 4.74 Å². The van der Waals surface area contributed by atoms with E-state index in [1.165, 1.54) is 38.5 Å². The van der Waals surface area contributed by atoms with Crippen molar-refractivity contribution < 1.29 is 19.7 Å². The number of carboxylic acid groups (broad SMARTS) is 1. The quantitative estimate of drug-likeness (QED) is 0.517. The highest BCUT2D eigenvalue weighted by atomic mass is 16.5. The fourth-order valence-corrected chi connectivity index (χ4v) is 7.13. The van der Waals surface area contributed by atoms with Crippen LogP contribution in [0.1, 0.15) is 63.0 Å². The van der Waals surface area contributed by atoms with Crippen molar-refractivity contribution in [3.63, 3.8) is 0 Å². The van der Waals surface area contributed by atoms with E-state index in [0.29, 0.717) is 17.7 Å². The van der Waals surface area contributed by atoms with Gasteiger partial charge in [0.2, 0.25) is 0 Å². The molecular weight excluding hydrogens is 400 g/mol. The second-order valence-electron chi connectivity index (χ2n) is 10.2. The van der Waals surface area contributed by atoms with Crippen molar-refractivity contribution in [3.05, 3.63) is 53.1 Å². The molecule has 0 aliphatic heterocycles. The molecule has 0 heterocycles. The Labute approximate surface area is 189 Å². The molecule has 4 fully saturated rings. The minimum atomic E-state index is -0.890. The SMILES string of the molecule is CCC(=Cc1ccc(OC)c(-c2ccc(O)c(C34CC5CC(CC(C5)C3)C4)c2)c1)C(=O)O. The van der Waals surface area contributed by atoms with E-state index < -0.39 is 5.97 Å². The molecule has 2 aromatic rings. The van der Waals surface area contributed by atoms with E-state index in [1.54, 1.807) is 13.2 Å². The first kappa shape index (κ1) is 21.1. The molecule has 4 saturated carbocycles. The number of aliphatic carboxylic acids is 1. The van der Waals surface area contributed by atoms with E-state index in [2.05, 4.69) is 6.07 Å². The third-order valence-corrected chi connectivity index (χ3v) is 8.14. The number of hydrogen-bond acceptors (Lipinski definition) is 3. The average molecular weight is 433 g/mol. The Morgan fingerprint density at radius 3 is 2.28 bits per heavy atom. The van der Waals surface area contributed by atoms with Gasteiger partial charge in [-0.3, -0.25) is 0 Å². The average Bonchev–Trinajstić information content (AvgIpc) is 2.76. The highest BCUT2D eigenvalue weighted by Gasteiger charge is 2.52. The van der Waals surface area contributed by atoms with Gasteiger partial charge in [-0.2, -0.15) is 0 Å². The first-order valence-electron chi connectivity index (χ1n) is 11.9. The predicted octanol–water partition coefficient (Wildman–Crippen LogP) is 6.41. The molecule has 4 aliphatic carbocycles. The lowest BCUT2D eigenvalue weighted by Crippen LogP contribution is -2.48. The minimum Gasteiger partial charge on any atom is -0.508 e. The van der Waals surface area contributed by atoms with Gasteiger partial charge in [-0.25, -0.2) is 4.79 Å². The third-order valence-electron chi connectivity index (χ3n) is 8.14. The van der Waals surface area contributed by atoms with Crippen LogP contribution in [0, 0.1) is 17.8 Å². The monoisotopic (exact) mass is 432 g/mol. The standard InChI is InChI=1S/C28H32O4/c1-3-21(27(30)31)11-17-4-7-26(32-2)23(12-17)22-5-6-25(29)24(13-22)28-14-18-8-19(15-28)10-20(9-18)16-28/h4-7,11-13,18-20,29H,3,8-10,14-16H2,1-2H3,(H,30,31). The molecule has 0 atom stereocenters. The zero-order valence-corrected chi connectivity index (χ0v) is 18.9. The number of carbonyl (C=O) groups is 1. The normalized spacial score (nSPS) is 28.7. The fourth-order valence-electron chi connectivity index (χ4n) is 7.13. The Kier molecular flexibility index (Phi) is 5.27. The van der Waals surface area contributed by atoms with Crippen LogP contribution in [0.5, 0.6) is 11.5 Å². The van der Waals surface area contributed by atoms with Crippen molar-refractivity contribution in [1.82, 2.24) is 0 Å². The van der Waals surface area contributed by atoms with Gasteiger partial charge in [0.15, 0.2) is 0 Å². The van der Waals surface area contributed by atoms with E-state index in [4.69, 9.17) is 4.74 Å². The minimum absolute atomic E-state index is 0.0955. The highest BCUT2D eigenvalue weighted by Crippen LogP contribution is 2.62. The molecule has 4 heteroatoms. The van der Waals surface area contributed by atoms with Crippen LogP contribution in [0.4, 0.5) is 0 Å². The molecule has 0 aromatic heterocycles. The Morgan fingerprint density at radius 1 is 1.06 bits per heavy atom. The second-order valence-corrected chi connectivity index (χ2v) is 10.2. The summed E-state index contributed by atoms with van der Waals surface area (Å²) in [5.41, 5.74) is 4.34. The second kappa shape index (κ2) is 7.99. The maximum atomic E-state index is 11.5. The van der Waals surface area contributed by atoms with Crippen LogP contribution in [-0.2, 0) is 10.2 Å². The summed E-state index contributed by atoms with van der Waals surface area (Å²) >= 11 is 0. The maximum Gasteiger partial charge on any atom is 0.331 e. The molecule has 0 amide bonds. The summed E-state index contributed by atoms with van der Waals surface area (Å²) in [6, 6.07) is 11.7. The van der Waals surface area contributed by atoms with Crippen LogP contribution in [0.3, 0.4) is 0 Å². The topological polar surface area (TPSA) is 66.8 Å². The van der Waals surface area contributed by atoms with Crippen molar-refractivity contribution in [2.45, 2.75) is 57.3 Å². The molecule has 2 aromatic carbocycles. The van der Waals surface area contributed by atoms with Crippen LogP contribution in [-0.4, -0.2) is 23.3 Å². The van der Waals surface area contributed by atoms with Gasteiger partial charge >= 0.3 is 5.97 Å². The van der Waals surface area contributed by atoms with Gasteiger partial charge in [0.05, 0.1) is 7.11 Å². The van der Waals surface area contributed by atoms with Gasteiger partial charge < -0.3 is 14.9 Å². The number of hydrogen-bond donors (Lipinski definition) is 2. The summed E-state index contributed by atoms with van der Waals surface area (Å²) < 4.78 is 5.65. The molecule has 2 N–H and O–H groups in total. The largest absolute Gasteiger partial charge is 0.508 e. The number of ether oxygens (including phenoxy) is 1. The number of rotatable bonds is 6. The Hall–Kier alpha value is -2.75. The van der Waals surface area contributed by atoms with E-state index in [1.807, 2.05) is 37.3 Å². The Balaban J connectivity index is 1.58. The van der Waals surface area contributed by atoms with Crippen LogP contribution in [0.15, 0.2) is 42.0 Å². The summed E-state index contributed by atoms with van der Waals surface area (Å²) in [5, 5.41) is 20.3. The molecule has 0 saturated heterocycles. The predicted molar refractivity (Wildman–Crippen MR) is 126 cm³/mol. The summed E-state index contributed by atoms with van der Waals surface area (Å²) in [6.45, 7) is 1.85. The number of aromatic hydroxyl groups is 1. The molecule has 0 spiro atoms. The van der Waals surface area contributed by atoms with E-state index >= 15 is 0 Å². The molecule has 0 radical (unpaired) electrons. The zero-order chi connectivity index (χ0) is 22.5.